The number of fused-ring (bicyclic) bond motifs is 3. The zero-order valence-corrected chi connectivity index (χ0v) is 34.1. The van der Waals surface area contributed by atoms with Gasteiger partial charge in [0, 0.05) is 28.2 Å². The Bertz CT molecular complexity index is 2130. The summed E-state index contributed by atoms with van der Waals surface area (Å²) in [7, 11) is -0.820. The van der Waals surface area contributed by atoms with E-state index in [4.69, 9.17) is 14.2 Å². The molecule has 4 aliphatic rings. The molecular weight excluding hydrogens is 778 g/mol. The van der Waals surface area contributed by atoms with Crippen molar-refractivity contribution in [1.29, 1.82) is 0 Å². The number of hydrogen-bond donors (Lipinski definition) is 1. The van der Waals surface area contributed by atoms with Gasteiger partial charge in [-0.2, -0.15) is 0 Å². The molecule has 286 valence electrons. The number of hydrogen-bond acceptors (Lipinski definition) is 7. The molecule has 0 aliphatic carbocycles. The van der Waals surface area contributed by atoms with Gasteiger partial charge in [0.25, 0.3) is 11.8 Å². The fraction of sp³-hybridized carbons (Fsp3) is 0.372. The Labute approximate surface area is 331 Å². The van der Waals surface area contributed by atoms with Gasteiger partial charge in [-0.3, -0.25) is 19.3 Å². The average molecular weight is 825 g/mol. The maximum absolute atomic E-state index is 15.3. The van der Waals surface area contributed by atoms with Crippen LogP contribution in [0.5, 0.6) is 11.5 Å². The molecule has 2 fully saturated rings. The van der Waals surface area contributed by atoms with Gasteiger partial charge in [-0.25, -0.2) is 0 Å². The van der Waals surface area contributed by atoms with Crippen LogP contribution >= 0.6 is 15.9 Å². The standard InChI is InChI=1S/C43H46BrN3O7Si/c1-27-41(55(3,4)33-18-16-32(52-2)17-19-33)38(23-39(49)45-21-7-8-31(45)25-48)54-43(27)34-22-29(44)13-20-35(34)46(42(43)51)24-28-11-14-30(15-12-28)47-36-9-5-6-10-37(36)53-26-40(47)50/h5-6,9-20,22,27,31,38,41,48H,7-8,21,23-26H2,1-4H3/t27-,31+,38+,41-,43+/m1/s1. The molecule has 0 aromatic heterocycles. The number of para-hydroxylation sites is 2. The second-order valence-corrected chi connectivity index (χ2v) is 21.2. The Morgan fingerprint density at radius 2 is 1.75 bits per heavy atom. The van der Waals surface area contributed by atoms with E-state index in [2.05, 4.69) is 48.1 Å². The summed E-state index contributed by atoms with van der Waals surface area (Å²) in [5.74, 6) is 0.790. The van der Waals surface area contributed by atoms with Gasteiger partial charge in [0.15, 0.2) is 12.2 Å². The third kappa shape index (κ3) is 6.27. The topological polar surface area (TPSA) is 109 Å². The Kier molecular flexibility index (Phi) is 9.90. The summed E-state index contributed by atoms with van der Waals surface area (Å²) in [4.78, 5) is 47.7. The van der Waals surface area contributed by atoms with Crippen LogP contribution in [0.2, 0.25) is 18.6 Å². The van der Waals surface area contributed by atoms with E-state index in [9.17, 15) is 14.7 Å². The summed E-state index contributed by atoms with van der Waals surface area (Å²) in [6.45, 7) is 7.52. The van der Waals surface area contributed by atoms with Crippen molar-refractivity contribution in [2.24, 2.45) is 5.92 Å². The largest absolute Gasteiger partial charge is 0.497 e. The lowest BCUT2D eigenvalue weighted by Crippen LogP contribution is -2.52. The third-order valence-electron chi connectivity index (χ3n) is 12.3. The molecule has 12 heteroatoms. The number of rotatable bonds is 9. The lowest BCUT2D eigenvalue weighted by molar-refractivity contribution is -0.150. The molecule has 10 nitrogen and oxygen atoms in total. The minimum atomic E-state index is -2.47. The minimum Gasteiger partial charge on any atom is -0.497 e. The first-order chi connectivity index (χ1) is 26.5. The van der Waals surface area contributed by atoms with Crippen LogP contribution in [-0.4, -0.2) is 74.8 Å². The van der Waals surface area contributed by atoms with Gasteiger partial charge in [0.05, 0.1) is 58.3 Å². The van der Waals surface area contributed by atoms with Gasteiger partial charge in [-0.15, -0.1) is 0 Å². The van der Waals surface area contributed by atoms with E-state index in [0.29, 0.717) is 30.2 Å². The lowest BCUT2D eigenvalue weighted by atomic mass is 9.82. The number of anilines is 3. The molecule has 4 heterocycles. The highest BCUT2D eigenvalue weighted by Crippen LogP contribution is 2.60. The van der Waals surface area contributed by atoms with Crippen LogP contribution in [0.3, 0.4) is 0 Å². The number of methoxy groups -OCH3 is 1. The highest BCUT2D eigenvalue weighted by molar-refractivity contribution is 9.10. The molecule has 4 aromatic rings. The van der Waals surface area contributed by atoms with Crippen LogP contribution in [0, 0.1) is 5.92 Å². The Balaban J connectivity index is 1.15. The van der Waals surface area contributed by atoms with E-state index in [0.717, 1.165) is 39.9 Å². The predicted molar refractivity (Wildman–Crippen MR) is 217 cm³/mol. The number of benzene rings is 4. The first kappa shape index (κ1) is 37.4. The maximum Gasteiger partial charge on any atom is 0.269 e. The van der Waals surface area contributed by atoms with E-state index in [1.165, 1.54) is 5.19 Å². The number of nitrogens with zero attached hydrogens (tertiary/aromatic N) is 3. The van der Waals surface area contributed by atoms with E-state index in [-0.39, 0.29) is 54.9 Å². The average Bonchev–Trinajstić information content (AvgIpc) is 3.85. The van der Waals surface area contributed by atoms with Crippen LogP contribution in [0.25, 0.3) is 0 Å². The van der Waals surface area contributed by atoms with E-state index < -0.39 is 19.8 Å². The number of ether oxygens (including phenoxy) is 3. The van der Waals surface area contributed by atoms with Crippen LogP contribution in [0.15, 0.2) is 95.5 Å². The summed E-state index contributed by atoms with van der Waals surface area (Å²) in [6.07, 6.45) is 1.22. The molecule has 3 amide bonds. The predicted octanol–water partition coefficient (Wildman–Crippen LogP) is 6.65. The Morgan fingerprint density at radius 1 is 1.00 bits per heavy atom. The van der Waals surface area contributed by atoms with Crippen molar-refractivity contribution in [3.8, 4) is 11.5 Å². The maximum atomic E-state index is 15.3. The molecule has 8 rings (SSSR count). The second kappa shape index (κ2) is 14.5. The number of carbonyl (C=O) groups is 3. The molecule has 4 aliphatic heterocycles. The molecule has 0 radical (unpaired) electrons. The summed E-state index contributed by atoms with van der Waals surface area (Å²) in [6, 6.07) is 29.1. The minimum absolute atomic E-state index is 0.0422. The van der Waals surface area contributed by atoms with Gasteiger partial charge in [-0.05, 0) is 78.5 Å². The zero-order chi connectivity index (χ0) is 38.6. The van der Waals surface area contributed by atoms with Crippen molar-refractivity contribution in [3.05, 3.63) is 107 Å². The number of likely N-dealkylation sites (tertiary alicyclic amines) is 1. The van der Waals surface area contributed by atoms with Crippen molar-refractivity contribution >= 4 is 64.0 Å². The van der Waals surface area contributed by atoms with Crippen molar-refractivity contribution in [2.45, 2.75) is 69.1 Å². The second-order valence-electron chi connectivity index (χ2n) is 15.6. The fourth-order valence-corrected chi connectivity index (χ4v) is 14.0. The molecule has 0 unspecified atom stereocenters. The Hall–Kier alpha value is -4.49. The summed E-state index contributed by atoms with van der Waals surface area (Å²) >= 11 is 3.69. The van der Waals surface area contributed by atoms with Crippen molar-refractivity contribution < 1.29 is 33.7 Å². The molecule has 5 atom stereocenters. The van der Waals surface area contributed by atoms with E-state index in [1.54, 1.807) is 16.9 Å². The molecule has 0 saturated carbocycles. The summed E-state index contributed by atoms with van der Waals surface area (Å²) < 4.78 is 19.2. The molecule has 1 spiro atoms. The summed E-state index contributed by atoms with van der Waals surface area (Å²) in [5.41, 5.74) is 2.43. The monoisotopic (exact) mass is 823 g/mol. The molecule has 55 heavy (non-hydrogen) atoms. The molecule has 0 bridgehead atoms. The van der Waals surface area contributed by atoms with Gasteiger partial charge in [0.2, 0.25) is 5.91 Å². The van der Waals surface area contributed by atoms with Gasteiger partial charge >= 0.3 is 0 Å². The molecule has 2 saturated heterocycles. The van der Waals surface area contributed by atoms with Crippen LogP contribution < -0.4 is 24.5 Å². The van der Waals surface area contributed by atoms with Gasteiger partial charge in [0.1, 0.15) is 11.5 Å². The summed E-state index contributed by atoms with van der Waals surface area (Å²) in [5, 5.41) is 11.3. The third-order valence-corrected chi connectivity index (χ3v) is 17.2. The van der Waals surface area contributed by atoms with Crippen LogP contribution in [0.4, 0.5) is 17.1 Å². The van der Waals surface area contributed by atoms with Crippen molar-refractivity contribution in [1.82, 2.24) is 4.90 Å². The van der Waals surface area contributed by atoms with Crippen molar-refractivity contribution in [3.63, 3.8) is 0 Å². The SMILES string of the molecule is COc1ccc([Si](C)(C)[C@H]2[C@H](CC(=O)N3CCC[C@H]3CO)O[C@@]3(C(=O)N(Cc4ccc(N5C(=O)COc6ccccc65)cc4)c4ccc(Br)cc43)[C@@H]2C)cc1. The van der Waals surface area contributed by atoms with Crippen molar-refractivity contribution in [2.75, 3.05) is 36.7 Å². The highest BCUT2D eigenvalue weighted by atomic mass is 79.9. The van der Waals surface area contributed by atoms with Crippen LogP contribution in [-0.2, 0) is 31.3 Å². The highest BCUT2D eigenvalue weighted by Gasteiger charge is 2.66. The zero-order valence-electron chi connectivity index (χ0n) is 31.5. The molecule has 4 aromatic carbocycles. The normalized spacial score (nSPS) is 24.7. The van der Waals surface area contributed by atoms with Gasteiger partial charge in [-0.1, -0.05) is 77.5 Å². The van der Waals surface area contributed by atoms with Gasteiger partial charge < -0.3 is 29.1 Å². The van der Waals surface area contributed by atoms with Crippen LogP contribution in [0.1, 0.15) is 37.3 Å². The van der Waals surface area contributed by atoms with E-state index in [1.807, 2.05) is 83.8 Å². The number of aliphatic hydroxyl groups excluding tert-OH is 1. The Morgan fingerprint density at radius 3 is 2.47 bits per heavy atom. The number of carbonyl (C=O) groups excluding carboxylic acids is 3. The fourth-order valence-electron chi connectivity index (χ4n) is 9.60. The first-order valence-corrected chi connectivity index (χ1v) is 22.8. The quantitative estimate of drug-likeness (QED) is 0.189. The lowest BCUT2D eigenvalue weighted by Gasteiger charge is -2.37. The van der Waals surface area contributed by atoms with E-state index >= 15 is 4.79 Å². The smallest absolute Gasteiger partial charge is 0.269 e. The number of halogens is 1. The number of aliphatic hydroxyl groups is 1. The molecule has 1 N–H and O–H groups in total. The first-order valence-electron chi connectivity index (χ1n) is 19.0. The molecular formula is C43H46BrN3O7Si. The number of amides is 3.